The lowest BCUT2D eigenvalue weighted by Crippen LogP contribution is -2.44. The first-order valence-electron chi connectivity index (χ1n) is 16.7. The normalized spacial score (nSPS) is 29.0. The van der Waals surface area contributed by atoms with Crippen LogP contribution in [0.2, 0.25) is 0 Å². The number of ether oxygens (including phenoxy) is 2. The molecular formula is C34H47N3O12S. The Labute approximate surface area is 294 Å². The molecule has 7 N–H and O–H groups in total. The molecule has 7 unspecified atom stereocenters. The minimum Gasteiger partial charge on any atom is -0.508 e. The Morgan fingerprint density at radius 3 is 2.58 bits per heavy atom. The van der Waals surface area contributed by atoms with Crippen LogP contribution in [0.15, 0.2) is 41.6 Å². The van der Waals surface area contributed by atoms with Gasteiger partial charge in [-0.05, 0) is 50.3 Å². The highest BCUT2D eigenvalue weighted by Crippen LogP contribution is 2.30. The standard InChI is InChI=1S/C34H47N3O12S/c1-20-7-5-8-22(35-28(42)19-50-30-16-26(41)32(44)33(45)27(17-38)49-30)9-6-10-23(36-47-18-29(43)37-11-3-2-4-12-37)13-21-14-24(39)15-25(40)31(21)34(46)48-20/h5-6,8,10,14-15,20,22,26-27,30,32-33,38-41,44-45H,2-4,7,9,11-13,16-19H2,1H3,(H,35,42). The fourth-order valence-electron chi connectivity index (χ4n) is 5.82. The number of aliphatic hydroxyl groups is 4. The molecule has 2 saturated heterocycles. The Hall–Kier alpha value is -3.67. The smallest absolute Gasteiger partial charge is 0.342 e. The number of phenols is 2. The molecule has 0 saturated carbocycles. The monoisotopic (exact) mass is 721 g/mol. The Morgan fingerprint density at radius 1 is 1.08 bits per heavy atom. The van der Waals surface area contributed by atoms with Crippen molar-refractivity contribution in [3.8, 4) is 11.5 Å². The molecule has 0 aromatic heterocycles. The summed E-state index contributed by atoms with van der Waals surface area (Å²) in [6, 6.07) is 1.83. The number of piperidine rings is 1. The molecule has 15 nitrogen and oxygen atoms in total. The number of hydrogen-bond donors (Lipinski definition) is 7. The summed E-state index contributed by atoms with van der Waals surface area (Å²) in [5.74, 6) is -2.24. The van der Waals surface area contributed by atoms with Gasteiger partial charge in [0.15, 0.2) is 6.61 Å². The Morgan fingerprint density at radius 2 is 1.84 bits per heavy atom. The zero-order chi connectivity index (χ0) is 36.2. The number of allylic oxidation sites excluding steroid dienone is 1. The Balaban J connectivity index is 1.49. The van der Waals surface area contributed by atoms with Crippen molar-refractivity contribution in [2.45, 2.75) is 93.9 Å². The van der Waals surface area contributed by atoms with Gasteiger partial charge in [-0.15, -0.1) is 11.8 Å². The number of fused-ring (bicyclic) bond motifs is 1. The number of likely N-dealkylation sites (tertiary alicyclic amines) is 1. The number of benzene rings is 1. The first-order chi connectivity index (χ1) is 23.9. The van der Waals surface area contributed by atoms with E-state index >= 15 is 0 Å². The second-order valence-corrected chi connectivity index (χ2v) is 13.7. The van der Waals surface area contributed by atoms with Crippen molar-refractivity contribution in [3.63, 3.8) is 0 Å². The van der Waals surface area contributed by atoms with Crippen molar-refractivity contribution in [2.24, 2.45) is 5.16 Å². The summed E-state index contributed by atoms with van der Waals surface area (Å²) in [5.41, 5.74) is -0.435. The van der Waals surface area contributed by atoms with Gasteiger partial charge in [0.25, 0.3) is 5.91 Å². The number of cyclic esters (lactones) is 1. The highest BCUT2D eigenvalue weighted by atomic mass is 32.2. The predicted octanol–water partition coefficient (Wildman–Crippen LogP) is 0.885. The van der Waals surface area contributed by atoms with Gasteiger partial charge in [0.2, 0.25) is 5.91 Å². The van der Waals surface area contributed by atoms with Gasteiger partial charge in [0.05, 0.1) is 30.2 Å². The van der Waals surface area contributed by atoms with Gasteiger partial charge in [-0.3, -0.25) is 9.59 Å². The number of carbonyl (C=O) groups excluding carboxylic acids is 3. The molecule has 3 aliphatic rings. The van der Waals surface area contributed by atoms with E-state index in [2.05, 4.69) is 10.5 Å². The summed E-state index contributed by atoms with van der Waals surface area (Å²) >= 11 is 1.05. The van der Waals surface area contributed by atoms with Gasteiger partial charge >= 0.3 is 5.97 Å². The molecule has 1 aromatic carbocycles. The minimum absolute atomic E-state index is 0.0676. The van der Waals surface area contributed by atoms with Gasteiger partial charge in [0, 0.05) is 38.4 Å². The van der Waals surface area contributed by atoms with Gasteiger partial charge in [-0.1, -0.05) is 23.4 Å². The number of aromatic hydroxyl groups is 2. The third-order valence-corrected chi connectivity index (χ3v) is 9.60. The molecule has 7 atom stereocenters. The van der Waals surface area contributed by atoms with Crippen molar-refractivity contribution < 1.29 is 59.3 Å². The zero-order valence-corrected chi connectivity index (χ0v) is 28.7. The number of amides is 2. The van der Waals surface area contributed by atoms with Crippen molar-refractivity contribution in [1.82, 2.24) is 10.2 Å². The number of oxime groups is 1. The number of carbonyl (C=O) groups is 3. The van der Waals surface area contributed by atoms with Crippen LogP contribution < -0.4 is 5.32 Å². The van der Waals surface area contributed by atoms with Crippen LogP contribution in [0.1, 0.15) is 61.4 Å². The van der Waals surface area contributed by atoms with Crippen molar-refractivity contribution in [1.29, 1.82) is 0 Å². The summed E-state index contributed by atoms with van der Waals surface area (Å²) in [5, 5.41) is 67.9. The number of hydrogen-bond acceptors (Lipinski definition) is 14. The number of nitrogens with one attached hydrogen (secondary N) is 1. The average Bonchev–Trinajstić information content (AvgIpc) is 3.17. The average molecular weight is 722 g/mol. The summed E-state index contributed by atoms with van der Waals surface area (Å²) in [6.45, 7) is 2.09. The molecule has 0 bridgehead atoms. The maximum Gasteiger partial charge on any atom is 0.342 e. The van der Waals surface area contributed by atoms with Crippen LogP contribution >= 0.6 is 11.8 Å². The maximum atomic E-state index is 13.2. The van der Waals surface area contributed by atoms with E-state index in [0.29, 0.717) is 13.1 Å². The Kier molecular flexibility index (Phi) is 14.9. The first-order valence-corrected chi connectivity index (χ1v) is 17.8. The molecule has 16 heteroatoms. The van der Waals surface area contributed by atoms with Gasteiger partial charge in [-0.25, -0.2) is 4.79 Å². The van der Waals surface area contributed by atoms with Crippen LogP contribution in [0.3, 0.4) is 0 Å². The number of phenolic OH excluding ortho intramolecular Hbond substituents is 2. The quantitative estimate of drug-likeness (QED) is 0.113. The summed E-state index contributed by atoms with van der Waals surface area (Å²) in [7, 11) is 0. The van der Waals surface area contributed by atoms with E-state index < -0.39 is 60.3 Å². The van der Waals surface area contributed by atoms with Crippen LogP contribution in [0.5, 0.6) is 11.5 Å². The molecule has 3 aliphatic heterocycles. The molecule has 0 spiro atoms. The van der Waals surface area contributed by atoms with Gasteiger partial charge < -0.3 is 55.2 Å². The molecule has 3 heterocycles. The predicted molar refractivity (Wildman–Crippen MR) is 182 cm³/mol. The lowest BCUT2D eigenvalue weighted by atomic mass is 9.99. The fraction of sp³-hybridized carbons (Fsp3) is 0.588. The SMILES string of the molecule is CC1CC=CC(NC(=O)CSC2CC(O)C(O)C(O)C(CO)O2)CC=CC(=NOCC(=O)N2CCCCC2)Cc2cc(O)cc(O)c2C(=O)O1. The minimum atomic E-state index is -1.51. The van der Waals surface area contributed by atoms with E-state index in [9.17, 15) is 45.0 Å². The summed E-state index contributed by atoms with van der Waals surface area (Å²) < 4.78 is 11.2. The van der Waals surface area contributed by atoms with Crippen LogP contribution in [-0.2, 0) is 30.3 Å². The number of rotatable bonds is 8. The second-order valence-electron chi connectivity index (χ2n) is 12.5. The zero-order valence-electron chi connectivity index (χ0n) is 27.9. The molecule has 0 aliphatic carbocycles. The van der Waals surface area contributed by atoms with Crippen LogP contribution in [0.25, 0.3) is 0 Å². The highest BCUT2D eigenvalue weighted by molar-refractivity contribution is 8.00. The summed E-state index contributed by atoms with van der Waals surface area (Å²) in [6.07, 6.45) is 4.10. The fourth-order valence-corrected chi connectivity index (χ4v) is 6.79. The third kappa shape index (κ3) is 11.4. The van der Waals surface area contributed by atoms with Crippen LogP contribution in [0.4, 0.5) is 0 Å². The maximum absolute atomic E-state index is 13.2. The highest BCUT2D eigenvalue weighted by Gasteiger charge is 2.38. The van der Waals surface area contributed by atoms with E-state index in [4.69, 9.17) is 14.3 Å². The molecule has 4 rings (SSSR count). The second kappa shape index (κ2) is 19.1. The molecule has 50 heavy (non-hydrogen) atoms. The summed E-state index contributed by atoms with van der Waals surface area (Å²) in [4.78, 5) is 46.0. The van der Waals surface area contributed by atoms with E-state index in [1.165, 1.54) is 6.07 Å². The largest absolute Gasteiger partial charge is 0.508 e. The van der Waals surface area contributed by atoms with E-state index in [-0.39, 0.29) is 72.4 Å². The van der Waals surface area contributed by atoms with Crippen LogP contribution in [-0.4, -0.2) is 133 Å². The van der Waals surface area contributed by atoms with E-state index in [0.717, 1.165) is 37.1 Å². The number of thioether (sulfide) groups is 1. The van der Waals surface area contributed by atoms with E-state index in [1.807, 2.05) is 0 Å². The van der Waals surface area contributed by atoms with Crippen LogP contribution in [0, 0.1) is 0 Å². The van der Waals surface area contributed by atoms with Gasteiger partial charge in [0.1, 0.15) is 46.9 Å². The number of esters is 1. The molecule has 2 fully saturated rings. The van der Waals surface area contributed by atoms with Crippen molar-refractivity contribution >= 4 is 35.3 Å². The van der Waals surface area contributed by atoms with Crippen molar-refractivity contribution in [3.05, 3.63) is 47.6 Å². The topological polar surface area (TPSA) is 228 Å². The molecule has 276 valence electrons. The number of aliphatic hydroxyl groups excluding tert-OH is 4. The molecule has 1 aromatic rings. The number of nitrogens with zero attached hydrogens (tertiary/aromatic N) is 2. The lowest BCUT2D eigenvalue weighted by molar-refractivity contribution is -0.137. The Bertz CT molecular complexity index is 1420. The lowest BCUT2D eigenvalue weighted by Gasteiger charge is -2.26. The van der Waals surface area contributed by atoms with Crippen molar-refractivity contribution in [2.75, 3.05) is 32.1 Å². The first kappa shape index (κ1) is 39.1. The third-order valence-electron chi connectivity index (χ3n) is 8.50. The van der Waals surface area contributed by atoms with E-state index in [1.54, 1.807) is 36.1 Å². The van der Waals surface area contributed by atoms with Gasteiger partial charge in [-0.2, -0.15) is 0 Å². The molecular weight excluding hydrogens is 674 g/mol. The molecule has 0 radical (unpaired) electrons. The molecule has 2 amide bonds.